The first kappa shape index (κ1) is 24.8. The quantitative estimate of drug-likeness (QED) is 0.239. The minimum Gasteiger partial charge on any atom is -0.264 e. The first-order chi connectivity index (χ1) is 18.9. The molecular formula is C37H32N2. The molecule has 0 saturated carbocycles. The fourth-order valence-electron chi connectivity index (χ4n) is 5.44. The van der Waals surface area contributed by atoms with Crippen LogP contribution in [0, 0.1) is 6.92 Å². The zero-order valence-corrected chi connectivity index (χ0v) is 22.9. The van der Waals surface area contributed by atoms with Crippen LogP contribution in [0.15, 0.2) is 122 Å². The number of fused-ring (bicyclic) bond motifs is 1. The average molecular weight is 505 g/mol. The fraction of sp³-hybridized carbons (Fsp3) is 0.135. The van der Waals surface area contributed by atoms with Gasteiger partial charge in [0.25, 0.3) is 0 Å². The lowest BCUT2D eigenvalue weighted by Gasteiger charge is -2.19. The van der Waals surface area contributed by atoms with Crippen LogP contribution in [0.3, 0.4) is 0 Å². The van der Waals surface area contributed by atoms with Gasteiger partial charge in [-0.25, -0.2) is 0 Å². The second-order valence-electron chi connectivity index (χ2n) is 11.2. The fourth-order valence-corrected chi connectivity index (χ4v) is 5.44. The van der Waals surface area contributed by atoms with Crippen molar-refractivity contribution in [2.75, 3.05) is 0 Å². The maximum Gasteiger partial charge on any atom is 0.0705 e. The molecule has 2 heteroatoms. The zero-order chi connectivity index (χ0) is 27.0. The highest BCUT2D eigenvalue weighted by molar-refractivity contribution is 6.05. The Labute approximate surface area is 231 Å². The van der Waals surface area contributed by atoms with Crippen LogP contribution in [0.25, 0.3) is 55.4 Å². The molecular weight excluding hydrogens is 472 g/mol. The normalized spacial score (nSPS) is 11.6. The van der Waals surface area contributed by atoms with E-state index in [2.05, 4.69) is 136 Å². The van der Waals surface area contributed by atoms with Crippen molar-refractivity contribution in [3.63, 3.8) is 0 Å². The summed E-state index contributed by atoms with van der Waals surface area (Å²) < 4.78 is 0. The van der Waals surface area contributed by atoms with Gasteiger partial charge in [0, 0.05) is 29.5 Å². The highest BCUT2D eigenvalue weighted by atomic mass is 14.7. The minimum absolute atomic E-state index is 0.0737. The van der Waals surface area contributed by atoms with Crippen molar-refractivity contribution in [1.29, 1.82) is 0 Å². The Kier molecular flexibility index (Phi) is 6.32. The van der Waals surface area contributed by atoms with Crippen LogP contribution >= 0.6 is 0 Å². The van der Waals surface area contributed by atoms with Gasteiger partial charge in [-0.1, -0.05) is 99.6 Å². The predicted molar refractivity (Wildman–Crippen MR) is 165 cm³/mol. The standard InChI is InChI=1S/C37H32N2/c1-25-30(26-10-6-5-7-11-26)14-9-15-31(25)33-17-16-32(34-19-20-38-24-35(33)34)27-12-8-13-28(22-27)36-23-29(18-21-39-36)37(2,3)4/h5-24H,1-4H3. The Morgan fingerprint density at radius 1 is 0.538 bits per heavy atom. The van der Waals surface area contributed by atoms with Gasteiger partial charge in [0.2, 0.25) is 0 Å². The van der Waals surface area contributed by atoms with Crippen LogP contribution in [0.1, 0.15) is 31.9 Å². The summed E-state index contributed by atoms with van der Waals surface area (Å²) >= 11 is 0. The van der Waals surface area contributed by atoms with Crippen LogP contribution in [0.5, 0.6) is 0 Å². The predicted octanol–water partition coefficient (Wildman–Crippen LogP) is 9.90. The van der Waals surface area contributed by atoms with Gasteiger partial charge in [-0.05, 0) is 86.5 Å². The van der Waals surface area contributed by atoms with E-state index < -0.39 is 0 Å². The summed E-state index contributed by atoms with van der Waals surface area (Å²) in [5, 5.41) is 2.35. The molecule has 4 aromatic carbocycles. The summed E-state index contributed by atoms with van der Waals surface area (Å²) in [6, 6.07) is 36.9. The maximum absolute atomic E-state index is 4.71. The summed E-state index contributed by atoms with van der Waals surface area (Å²) in [4.78, 5) is 9.24. The molecule has 0 unspecified atom stereocenters. The summed E-state index contributed by atoms with van der Waals surface area (Å²) in [6.45, 7) is 8.93. The first-order valence-electron chi connectivity index (χ1n) is 13.5. The molecule has 0 aliphatic heterocycles. The topological polar surface area (TPSA) is 25.8 Å². The number of aromatic nitrogens is 2. The molecule has 2 heterocycles. The minimum atomic E-state index is 0.0737. The molecule has 0 amide bonds. The van der Waals surface area contributed by atoms with Crippen LogP contribution in [0.4, 0.5) is 0 Å². The lowest BCUT2D eigenvalue weighted by Crippen LogP contribution is -2.11. The van der Waals surface area contributed by atoms with Crippen molar-refractivity contribution < 1.29 is 0 Å². The summed E-state index contributed by atoms with van der Waals surface area (Å²) in [6.07, 6.45) is 5.81. The van der Waals surface area contributed by atoms with Gasteiger partial charge in [-0.15, -0.1) is 0 Å². The highest BCUT2D eigenvalue weighted by Gasteiger charge is 2.16. The van der Waals surface area contributed by atoms with E-state index >= 15 is 0 Å². The monoisotopic (exact) mass is 504 g/mol. The van der Waals surface area contributed by atoms with Crippen molar-refractivity contribution in [3.05, 3.63) is 133 Å². The van der Waals surface area contributed by atoms with Gasteiger partial charge < -0.3 is 0 Å². The van der Waals surface area contributed by atoms with Gasteiger partial charge in [-0.2, -0.15) is 0 Å². The van der Waals surface area contributed by atoms with Crippen molar-refractivity contribution in [3.8, 4) is 44.6 Å². The van der Waals surface area contributed by atoms with E-state index in [0.717, 1.165) is 16.6 Å². The Hall–Kier alpha value is -4.56. The van der Waals surface area contributed by atoms with Gasteiger partial charge in [0.05, 0.1) is 5.69 Å². The molecule has 6 aromatic rings. The summed E-state index contributed by atoms with van der Waals surface area (Å²) in [5.41, 5.74) is 12.0. The molecule has 6 rings (SSSR count). The Morgan fingerprint density at radius 3 is 2.08 bits per heavy atom. The summed E-state index contributed by atoms with van der Waals surface area (Å²) in [5.74, 6) is 0. The van der Waals surface area contributed by atoms with Gasteiger partial charge in [0.15, 0.2) is 0 Å². The Morgan fingerprint density at radius 2 is 1.26 bits per heavy atom. The third-order valence-corrected chi connectivity index (χ3v) is 7.62. The number of benzene rings is 4. The number of hydrogen-bond donors (Lipinski definition) is 0. The molecule has 0 aliphatic rings. The molecule has 2 aromatic heterocycles. The molecule has 0 fully saturated rings. The zero-order valence-electron chi connectivity index (χ0n) is 22.9. The van der Waals surface area contributed by atoms with E-state index in [4.69, 9.17) is 4.98 Å². The molecule has 190 valence electrons. The number of nitrogens with zero attached hydrogens (tertiary/aromatic N) is 2. The van der Waals surface area contributed by atoms with Gasteiger partial charge in [-0.3, -0.25) is 9.97 Å². The van der Waals surface area contributed by atoms with Crippen molar-refractivity contribution in [1.82, 2.24) is 9.97 Å². The lowest BCUT2D eigenvalue weighted by molar-refractivity contribution is 0.589. The third-order valence-electron chi connectivity index (χ3n) is 7.62. The average Bonchev–Trinajstić information content (AvgIpc) is 2.97. The van der Waals surface area contributed by atoms with E-state index in [0.29, 0.717) is 0 Å². The highest BCUT2D eigenvalue weighted by Crippen LogP contribution is 2.39. The van der Waals surface area contributed by atoms with Crippen LogP contribution in [-0.4, -0.2) is 9.97 Å². The van der Waals surface area contributed by atoms with E-state index in [1.54, 1.807) is 0 Å². The van der Waals surface area contributed by atoms with E-state index in [-0.39, 0.29) is 5.41 Å². The van der Waals surface area contributed by atoms with Crippen LogP contribution in [0.2, 0.25) is 0 Å². The van der Waals surface area contributed by atoms with E-state index in [1.807, 2.05) is 18.6 Å². The largest absolute Gasteiger partial charge is 0.264 e. The molecule has 0 N–H and O–H groups in total. The number of pyridine rings is 2. The van der Waals surface area contributed by atoms with Crippen molar-refractivity contribution >= 4 is 10.8 Å². The van der Waals surface area contributed by atoms with Gasteiger partial charge in [0.1, 0.15) is 0 Å². The smallest absolute Gasteiger partial charge is 0.0705 e. The second-order valence-corrected chi connectivity index (χ2v) is 11.2. The second kappa shape index (κ2) is 9.96. The first-order valence-corrected chi connectivity index (χ1v) is 13.5. The molecule has 39 heavy (non-hydrogen) atoms. The van der Waals surface area contributed by atoms with E-state index in [9.17, 15) is 0 Å². The van der Waals surface area contributed by atoms with Crippen LogP contribution < -0.4 is 0 Å². The van der Waals surface area contributed by atoms with E-state index in [1.165, 1.54) is 49.9 Å². The SMILES string of the molecule is Cc1c(-c2ccccc2)cccc1-c1ccc(-c2cccc(-c3cc(C(C)(C)C)ccn3)c2)c2ccncc12. The van der Waals surface area contributed by atoms with Crippen molar-refractivity contribution in [2.45, 2.75) is 33.1 Å². The third kappa shape index (κ3) is 4.75. The molecule has 0 spiro atoms. The Balaban J connectivity index is 1.47. The molecule has 2 nitrogen and oxygen atoms in total. The Bertz CT molecular complexity index is 1790. The molecule has 0 atom stereocenters. The van der Waals surface area contributed by atoms with Gasteiger partial charge >= 0.3 is 0 Å². The molecule has 0 bridgehead atoms. The lowest BCUT2D eigenvalue weighted by atomic mass is 9.86. The molecule has 0 saturated heterocycles. The molecule has 0 aliphatic carbocycles. The maximum atomic E-state index is 4.71. The number of hydrogen-bond acceptors (Lipinski definition) is 2. The van der Waals surface area contributed by atoms with Crippen LogP contribution in [-0.2, 0) is 5.41 Å². The number of rotatable bonds is 4. The summed E-state index contributed by atoms with van der Waals surface area (Å²) in [7, 11) is 0. The van der Waals surface area contributed by atoms with Crippen molar-refractivity contribution in [2.24, 2.45) is 0 Å². The molecule has 0 radical (unpaired) electrons.